The second-order valence-corrected chi connectivity index (χ2v) is 6.71. The van der Waals surface area contributed by atoms with Crippen LogP contribution in [0.3, 0.4) is 0 Å². The van der Waals surface area contributed by atoms with Crippen molar-refractivity contribution in [2.45, 2.75) is 58.5 Å². The average molecular weight is 289 g/mol. The maximum atomic E-state index is 10.2. The van der Waals surface area contributed by atoms with Crippen LogP contribution < -0.4 is 10.6 Å². The van der Waals surface area contributed by atoms with Gasteiger partial charge in [0.05, 0.1) is 0 Å². The molecule has 0 aromatic heterocycles. The molecular formula is C17H27N3O. The van der Waals surface area contributed by atoms with E-state index >= 15 is 0 Å². The summed E-state index contributed by atoms with van der Waals surface area (Å²) in [7, 11) is 1.77. The highest BCUT2D eigenvalue weighted by molar-refractivity contribution is 5.80. The SMILES string of the molecule is CN=C(NCc1c(O)ccc2c1CCCC2)NC(C)(C)C. The van der Waals surface area contributed by atoms with E-state index in [2.05, 4.69) is 42.5 Å². The number of nitrogens with one attached hydrogen (secondary N) is 2. The Kier molecular flexibility index (Phi) is 4.76. The van der Waals surface area contributed by atoms with E-state index < -0.39 is 0 Å². The Labute approximate surface area is 127 Å². The Morgan fingerprint density at radius 3 is 2.62 bits per heavy atom. The molecule has 0 fully saturated rings. The molecule has 1 aromatic rings. The standard InChI is InChI=1S/C17H27N3O/c1-17(2,3)20-16(18-4)19-11-14-13-8-6-5-7-12(13)9-10-15(14)21/h9-10,21H,5-8,11H2,1-4H3,(H2,18,19,20). The molecule has 0 atom stereocenters. The fraction of sp³-hybridized carbons (Fsp3) is 0.588. The van der Waals surface area contributed by atoms with Crippen molar-refractivity contribution in [3.05, 3.63) is 28.8 Å². The van der Waals surface area contributed by atoms with Gasteiger partial charge in [0, 0.05) is 24.7 Å². The largest absolute Gasteiger partial charge is 0.508 e. The number of nitrogens with zero attached hydrogens (tertiary/aromatic N) is 1. The van der Waals surface area contributed by atoms with E-state index in [0.29, 0.717) is 12.3 Å². The van der Waals surface area contributed by atoms with Crippen LogP contribution in [0.15, 0.2) is 17.1 Å². The van der Waals surface area contributed by atoms with Crippen LogP contribution in [0.25, 0.3) is 0 Å². The molecule has 0 saturated heterocycles. The Balaban J connectivity index is 2.13. The predicted octanol–water partition coefficient (Wildman–Crippen LogP) is 2.73. The molecule has 1 aromatic carbocycles. The quantitative estimate of drug-likeness (QED) is 0.579. The molecule has 0 bridgehead atoms. The predicted molar refractivity (Wildman–Crippen MR) is 87.8 cm³/mol. The van der Waals surface area contributed by atoms with E-state index in [1.165, 1.54) is 24.0 Å². The highest BCUT2D eigenvalue weighted by Crippen LogP contribution is 2.30. The van der Waals surface area contributed by atoms with Gasteiger partial charge >= 0.3 is 0 Å². The zero-order valence-electron chi connectivity index (χ0n) is 13.6. The minimum atomic E-state index is -0.0417. The van der Waals surface area contributed by atoms with E-state index in [0.717, 1.165) is 24.4 Å². The normalized spacial score (nSPS) is 15.5. The van der Waals surface area contributed by atoms with Crippen molar-refractivity contribution in [3.8, 4) is 5.75 Å². The van der Waals surface area contributed by atoms with E-state index in [9.17, 15) is 5.11 Å². The molecule has 0 radical (unpaired) electrons. The summed E-state index contributed by atoms with van der Waals surface area (Å²) in [4.78, 5) is 4.24. The van der Waals surface area contributed by atoms with Gasteiger partial charge in [0.15, 0.2) is 5.96 Å². The summed E-state index contributed by atoms with van der Waals surface area (Å²) >= 11 is 0. The van der Waals surface area contributed by atoms with E-state index in [4.69, 9.17) is 0 Å². The van der Waals surface area contributed by atoms with Crippen LogP contribution in [0.4, 0.5) is 0 Å². The third-order valence-electron chi connectivity index (χ3n) is 3.78. The van der Waals surface area contributed by atoms with Crippen LogP contribution >= 0.6 is 0 Å². The van der Waals surface area contributed by atoms with E-state index in [1.54, 1.807) is 7.05 Å². The number of hydrogen-bond acceptors (Lipinski definition) is 2. The first-order valence-corrected chi connectivity index (χ1v) is 7.72. The summed E-state index contributed by atoms with van der Waals surface area (Å²) in [5.41, 5.74) is 3.68. The first kappa shape index (κ1) is 15.7. The lowest BCUT2D eigenvalue weighted by Crippen LogP contribution is -2.47. The molecule has 3 N–H and O–H groups in total. The zero-order valence-corrected chi connectivity index (χ0v) is 13.6. The summed E-state index contributed by atoms with van der Waals surface area (Å²) in [5.74, 6) is 1.14. The zero-order chi connectivity index (χ0) is 15.5. The van der Waals surface area contributed by atoms with Gasteiger partial charge in [-0.2, -0.15) is 0 Å². The molecule has 4 nitrogen and oxygen atoms in total. The summed E-state index contributed by atoms with van der Waals surface area (Å²) in [5, 5.41) is 16.8. The molecule has 4 heteroatoms. The Morgan fingerprint density at radius 2 is 1.95 bits per heavy atom. The summed E-state index contributed by atoms with van der Waals surface area (Å²) < 4.78 is 0. The highest BCUT2D eigenvalue weighted by atomic mass is 16.3. The molecule has 21 heavy (non-hydrogen) atoms. The number of benzene rings is 1. The van der Waals surface area contributed by atoms with Gasteiger partial charge in [0.25, 0.3) is 0 Å². The Hall–Kier alpha value is -1.71. The number of guanidine groups is 1. The van der Waals surface area contributed by atoms with Crippen LogP contribution in [-0.2, 0) is 19.4 Å². The van der Waals surface area contributed by atoms with Crippen LogP contribution in [0.5, 0.6) is 5.75 Å². The lowest BCUT2D eigenvalue weighted by molar-refractivity contribution is 0.462. The molecule has 2 rings (SSSR count). The van der Waals surface area contributed by atoms with Crippen LogP contribution in [0.1, 0.15) is 50.3 Å². The van der Waals surface area contributed by atoms with Gasteiger partial charge in [-0.1, -0.05) is 6.07 Å². The lowest BCUT2D eigenvalue weighted by Gasteiger charge is -2.25. The van der Waals surface area contributed by atoms with Gasteiger partial charge in [0.2, 0.25) is 0 Å². The Bertz CT molecular complexity index is 530. The van der Waals surface area contributed by atoms with Gasteiger partial charge in [-0.25, -0.2) is 0 Å². The smallest absolute Gasteiger partial charge is 0.191 e. The highest BCUT2D eigenvalue weighted by Gasteiger charge is 2.17. The molecule has 0 unspecified atom stereocenters. The molecule has 1 aliphatic carbocycles. The average Bonchev–Trinajstić information content (AvgIpc) is 2.43. The summed E-state index contributed by atoms with van der Waals surface area (Å²) in [6, 6.07) is 3.89. The lowest BCUT2D eigenvalue weighted by atomic mass is 9.88. The topological polar surface area (TPSA) is 56.7 Å². The minimum absolute atomic E-state index is 0.0417. The number of phenols is 1. The van der Waals surface area contributed by atoms with E-state index in [-0.39, 0.29) is 5.54 Å². The maximum absolute atomic E-state index is 10.2. The van der Waals surface area contributed by atoms with Crippen molar-refractivity contribution in [1.82, 2.24) is 10.6 Å². The fourth-order valence-corrected chi connectivity index (χ4v) is 2.80. The van der Waals surface area contributed by atoms with Gasteiger partial charge in [0.1, 0.15) is 5.75 Å². The van der Waals surface area contributed by atoms with Crippen molar-refractivity contribution in [2.24, 2.45) is 4.99 Å². The first-order chi connectivity index (χ1) is 9.90. The van der Waals surface area contributed by atoms with Gasteiger partial charge in [-0.3, -0.25) is 4.99 Å². The maximum Gasteiger partial charge on any atom is 0.191 e. The number of phenolic OH excluding ortho intramolecular Hbond substituents is 1. The monoisotopic (exact) mass is 289 g/mol. The van der Waals surface area contributed by atoms with Gasteiger partial charge in [-0.15, -0.1) is 0 Å². The molecular weight excluding hydrogens is 262 g/mol. The summed E-state index contributed by atoms with van der Waals surface area (Å²) in [6.07, 6.45) is 4.64. The molecule has 0 heterocycles. The molecule has 0 saturated carbocycles. The second kappa shape index (κ2) is 6.37. The molecule has 0 spiro atoms. The van der Waals surface area contributed by atoms with Gasteiger partial charge in [-0.05, 0) is 63.6 Å². The molecule has 0 amide bonds. The number of rotatable bonds is 2. The van der Waals surface area contributed by atoms with Crippen LogP contribution in [0, 0.1) is 0 Å². The molecule has 0 aliphatic heterocycles. The van der Waals surface area contributed by atoms with Crippen LogP contribution in [0.2, 0.25) is 0 Å². The number of hydrogen-bond donors (Lipinski definition) is 3. The first-order valence-electron chi connectivity index (χ1n) is 7.72. The summed E-state index contributed by atoms with van der Waals surface area (Å²) in [6.45, 7) is 6.90. The van der Waals surface area contributed by atoms with Crippen LogP contribution in [-0.4, -0.2) is 23.7 Å². The number of fused-ring (bicyclic) bond motifs is 1. The van der Waals surface area contributed by atoms with Crippen molar-refractivity contribution in [3.63, 3.8) is 0 Å². The van der Waals surface area contributed by atoms with Crippen molar-refractivity contribution < 1.29 is 5.11 Å². The Morgan fingerprint density at radius 1 is 1.24 bits per heavy atom. The molecule has 1 aliphatic rings. The minimum Gasteiger partial charge on any atom is -0.508 e. The van der Waals surface area contributed by atoms with E-state index in [1.807, 2.05) is 6.07 Å². The fourth-order valence-electron chi connectivity index (χ4n) is 2.80. The van der Waals surface area contributed by atoms with Crippen molar-refractivity contribution in [1.29, 1.82) is 0 Å². The second-order valence-electron chi connectivity index (χ2n) is 6.71. The van der Waals surface area contributed by atoms with Crippen molar-refractivity contribution >= 4 is 5.96 Å². The third-order valence-corrected chi connectivity index (χ3v) is 3.78. The number of aryl methyl sites for hydroxylation is 1. The number of aliphatic imine (C=N–C) groups is 1. The molecule has 116 valence electrons. The number of aromatic hydroxyl groups is 1. The van der Waals surface area contributed by atoms with Crippen molar-refractivity contribution in [2.75, 3.05) is 7.05 Å². The third kappa shape index (κ3) is 4.13. The van der Waals surface area contributed by atoms with Gasteiger partial charge < -0.3 is 15.7 Å².